The summed E-state index contributed by atoms with van der Waals surface area (Å²) in [6, 6.07) is 16.9. The number of benzene rings is 2. The second-order valence-electron chi connectivity index (χ2n) is 9.14. The summed E-state index contributed by atoms with van der Waals surface area (Å²) >= 11 is 0. The van der Waals surface area contributed by atoms with E-state index in [1.165, 1.54) is 24.9 Å². The summed E-state index contributed by atoms with van der Waals surface area (Å²) < 4.78 is 13.2. The van der Waals surface area contributed by atoms with Gasteiger partial charge in [0, 0.05) is 37.4 Å². The molecule has 2 aliphatic rings. The van der Waals surface area contributed by atoms with Gasteiger partial charge in [-0.25, -0.2) is 4.68 Å². The van der Waals surface area contributed by atoms with Crippen molar-refractivity contribution in [1.29, 1.82) is 0 Å². The summed E-state index contributed by atoms with van der Waals surface area (Å²) in [6.07, 6.45) is 6.06. The maximum absolute atomic E-state index is 5.79. The fourth-order valence-electron chi connectivity index (χ4n) is 5.39. The van der Waals surface area contributed by atoms with E-state index in [2.05, 4.69) is 54.3 Å². The molecular formula is C26H35ClN6O2. The quantitative estimate of drug-likeness (QED) is 0.474. The lowest BCUT2D eigenvalue weighted by atomic mass is 9.95. The molecule has 1 unspecified atom stereocenters. The van der Waals surface area contributed by atoms with Crippen LogP contribution in [-0.2, 0) is 0 Å². The van der Waals surface area contributed by atoms with Crippen LogP contribution in [0.25, 0.3) is 0 Å². The van der Waals surface area contributed by atoms with E-state index in [9.17, 15) is 0 Å². The minimum atomic E-state index is -0.0499. The Bertz CT molecular complexity index is 1060. The third-order valence-corrected chi connectivity index (χ3v) is 7.23. The number of methoxy groups -OCH3 is 2. The van der Waals surface area contributed by atoms with Crippen LogP contribution in [0.15, 0.2) is 48.5 Å². The topological polar surface area (TPSA) is 68.5 Å². The first-order chi connectivity index (χ1) is 16.8. The SMILES string of the molecule is COc1ccc(N2CCN(C(c3ccccc3OC)c3nnnn3C3CCCCC3)CC2)cc1.Cl. The van der Waals surface area contributed by atoms with Crippen LogP contribution in [0.2, 0.25) is 0 Å². The Morgan fingerprint density at radius 1 is 0.857 bits per heavy atom. The molecule has 2 fully saturated rings. The zero-order valence-corrected chi connectivity index (χ0v) is 21.4. The van der Waals surface area contributed by atoms with E-state index in [-0.39, 0.29) is 18.4 Å². The minimum Gasteiger partial charge on any atom is -0.497 e. The molecule has 2 aromatic carbocycles. The summed E-state index contributed by atoms with van der Waals surface area (Å²) in [6.45, 7) is 3.69. The van der Waals surface area contributed by atoms with Gasteiger partial charge in [-0.2, -0.15) is 0 Å². The van der Waals surface area contributed by atoms with E-state index in [1.54, 1.807) is 14.2 Å². The predicted molar refractivity (Wildman–Crippen MR) is 139 cm³/mol. The van der Waals surface area contributed by atoms with Crippen LogP contribution in [0.4, 0.5) is 5.69 Å². The molecule has 9 heteroatoms. The molecule has 0 N–H and O–H groups in total. The lowest BCUT2D eigenvalue weighted by molar-refractivity contribution is 0.190. The summed E-state index contributed by atoms with van der Waals surface area (Å²) in [5.74, 6) is 2.69. The Labute approximate surface area is 213 Å². The van der Waals surface area contributed by atoms with Crippen molar-refractivity contribution >= 4 is 18.1 Å². The Balaban J connectivity index is 0.00000289. The van der Waals surface area contributed by atoms with Gasteiger partial charge in [0.1, 0.15) is 17.5 Å². The zero-order chi connectivity index (χ0) is 23.3. The minimum absolute atomic E-state index is 0. The second kappa shape index (κ2) is 11.7. The number of rotatable bonds is 7. The third kappa shape index (κ3) is 5.38. The van der Waals surface area contributed by atoms with Gasteiger partial charge in [0.2, 0.25) is 0 Å². The molecule has 188 valence electrons. The van der Waals surface area contributed by atoms with Gasteiger partial charge in [0.05, 0.1) is 20.3 Å². The van der Waals surface area contributed by atoms with Crippen molar-refractivity contribution in [3.63, 3.8) is 0 Å². The van der Waals surface area contributed by atoms with Crippen molar-refractivity contribution in [3.8, 4) is 11.5 Å². The van der Waals surface area contributed by atoms with E-state index < -0.39 is 0 Å². The largest absolute Gasteiger partial charge is 0.497 e. The second-order valence-corrected chi connectivity index (χ2v) is 9.14. The van der Waals surface area contributed by atoms with Crippen LogP contribution < -0.4 is 14.4 Å². The Hall–Kier alpha value is -2.84. The van der Waals surface area contributed by atoms with E-state index in [0.717, 1.165) is 61.9 Å². The van der Waals surface area contributed by atoms with Crippen LogP contribution in [0, 0.1) is 0 Å². The highest BCUT2D eigenvalue weighted by Gasteiger charge is 2.34. The highest BCUT2D eigenvalue weighted by atomic mass is 35.5. The number of halogens is 1. The lowest BCUT2D eigenvalue weighted by Gasteiger charge is -2.40. The molecule has 1 saturated heterocycles. The van der Waals surface area contributed by atoms with E-state index in [0.29, 0.717) is 6.04 Å². The fraction of sp³-hybridized carbons (Fsp3) is 0.500. The van der Waals surface area contributed by atoms with E-state index in [1.807, 2.05) is 24.3 Å². The summed E-state index contributed by atoms with van der Waals surface area (Å²) in [7, 11) is 3.44. The van der Waals surface area contributed by atoms with Crippen LogP contribution in [0.3, 0.4) is 0 Å². The number of aromatic nitrogens is 4. The first kappa shape index (κ1) is 25.3. The number of tetrazole rings is 1. The van der Waals surface area contributed by atoms with Gasteiger partial charge in [-0.15, -0.1) is 17.5 Å². The van der Waals surface area contributed by atoms with Gasteiger partial charge < -0.3 is 14.4 Å². The maximum atomic E-state index is 5.79. The van der Waals surface area contributed by atoms with Crippen LogP contribution in [0.5, 0.6) is 11.5 Å². The molecule has 5 rings (SSSR count). The van der Waals surface area contributed by atoms with Crippen LogP contribution >= 0.6 is 12.4 Å². The van der Waals surface area contributed by atoms with Crippen molar-refractivity contribution in [3.05, 3.63) is 59.9 Å². The number of hydrogen-bond acceptors (Lipinski definition) is 7. The zero-order valence-electron chi connectivity index (χ0n) is 20.5. The van der Waals surface area contributed by atoms with Gasteiger partial charge >= 0.3 is 0 Å². The van der Waals surface area contributed by atoms with Gasteiger partial charge in [-0.3, -0.25) is 4.90 Å². The molecule has 0 amide bonds. The predicted octanol–water partition coefficient (Wildman–Crippen LogP) is 4.53. The molecule has 35 heavy (non-hydrogen) atoms. The van der Waals surface area contributed by atoms with Crippen LogP contribution in [-0.4, -0.2) is 65.5 Å². The van der Waals surface area contributed by atoms with E-state index >= 15 is 0 Å². The highest BCUT2D eigenvalue weighted by molar-refractivity contribution is 5.85. The maximum Gasteiger partial charge on any atom is 0.173 e. The summed E-state index contributed by atoms with van der Waals surface area (Å²) in [5.41, 5.74) is 2.34. The number of anilines is 1. The molecule has 0 radical (unpaired) electrons. The first-order valence-electron chi connectivity index (χ1n) is 12.3. The molecule has 1 atom stereocenters. The molecule has 1 aliphatic carbocycles. The molecule has 0 spiro atoms. The van der Waals surface area contributed by atoms with Gasteiger partial charge in [0.15, 0.2) is 5.82 Å². The molecule has 0 bridgehead atoms. The van der Waals surface area contributed by atoms with Crippen molar-refractivity contribution in [2.75, 3.05) is 45.3 Å². The Morgan fingerprint density at radius 2 is 1.57 bits per heavy atom. The smallest absolute Gasteiger partial charge is 0.173 e. The van der Waals surface area contributed by atoms with E-state index in [4.69, 9.17) is 9.47 Å². The molecule has 1 aliphatic heterocycles. The third-order valence-electron chi connectivity index (χ3n) is 7.23. The molecule has 2 heterocycles. The number of nitrogens with zero attached hydrogens (tertiary/aromatic N) is 6. The lowest BCUT2D eigenvalue weighted by Crippen LogP contribution is -2.48. The first-order valence-corrected chi connectivity index (χ1v) is 12.3. The van der Waals surface area contributed by atoms with Crippen molar-refractivity contribution in [2.24, 2.45) is 0 Å². The fourth-order valence-corrected chi connectivity index (χ4v) is 5.39. The number of piperazine rings is 1. The molecule has 3 aromatic rings. The molecular weight excluding hydrogens is 464 g/mol. The summed E-state index contributed by atoms with van der Waals surface area (Å²) in [5, 5.41) is 13.2. The molecule has 1 saturated carbocycles. The summed E-state index contributed by atoms with van der Waals surface area (Å²) in [4.78, 5) is 4.93. The van der Waals surface area contributed by atoms with Crippen LogP contribution in [0.1, 0.15) is 55.6 Å². The normalized spacial score (nSPS) is 18.1. The Morgan fingerprint density at radius 3 is 2.26 bits per heavy atom. The van der Waals surface area contributed by atoms with Crippen molar-refractivity contribution in [2.45, 2.75) is 44.2 Å². The average Bonchev–Trinajstić information content (AvgIpc) is 3.39. The standard InChI is InChI=1S/C26H34N6O2.ClH/c1-33-22-14-12-20(13-15-22)30-16-18-31(19-17-30)25(23-10-6-7-11-24(23)34-2)26-27-28-29-32(26)21-8-4-3-5-9-21;/h6-7,10-15,21,25H,3-5,8-9,16-19H2,1-2H3;1H. The highest BCUT2D eigenvalue weighted by Crippen LogP contribution is 2.37. The molecule has 1 aromatic heterocycles. The Kier molecular flexibility index (Phi) is 8.46. The average molecular weight is 499 g/mol. The molecule has 8 nitrogen and oxygen atoms in total. The number of ether oxygens (including phenoxy) is 2. The van der Waals surface area contributed by atoms with Gasteiger partial charge in [-0.05, 0) is 53.6 Å². The van der Waals surface area contributed by atoms with Gasteiger partial charge in [0.25, 0.3) is 0 Å². The van der Waals surface area contributed by atoms with Crippen molar-refractivity contribution < 1.29 is 9.47 Å². The van der Waals surface area contributed by atoms with Gasteiger partial charge in [-0.1, -0.05) is 37.5 Å². The number of para-hydroxylation sites is 1. The van der Waals surface area contributed by atoms with Crippen molar-refractivity contribution in [1.82, 2.24) is 25.1 Å². The number of hydrogen-bond donors (Lipinski definition) is 0. The monoisotopic (exact) mass is 498 g/mol.